The predicted octanol–water partition coefficient (Wildman–Crippen LogP) is 8.83. The third-order valence-electron chi connectivity index (χ3n) is 7.57. The van der Waals surface area contributed by atoms with Crippen LogP contribution in [0.3, 0.4) is 0 Å². The van der Waals surface area contributed by atoms with Crippen LogP contribution >= 0.6 is 7.82 Å². The van der Waals surface area contributed by atoms with Crippen molar-refractivity contribution in [3.63, 3.8) is 0 Å². The van der Waals surface area contributed by atoms with Gasteiger partial charge in [0.15, 0.2) is 0 Å². The van der Waals surface area contributed by atoms with E-state index in [1.54, 1.807) is 0 Å². The molecule has 0 saturated heterocycles. The number of aliphatic hydroxyl groups is 2. The first-order valence-corrected chi connectivity index (χ1v) is 19.9. The number of rotatable bonds is 34. The summed E-state index contributed by atoms with van der Waals surface area (Å²) in [5.74, 6) is -1.05. The number of esters is 2. The second-order valence-corrected chi connectivity index (χ2v) is 13.6. The average Bonchev–Trinajstić information content (AvgIpc) is 3.07. The topological polar surface area (TPSA) is 149 Å². The maximum atomic E-state index is 12.3. The fourth-order valence-electron chi connectivity index (χ4n) is 4.64. The van der Waals surface area contributed by atoms with E-state index in [4.69, 9.17) is 18.5 Å². The Kier molecular flexibility index (Phi) is 32.4. The van der Waals surface area contributed by atoms with Crippen molar-refractivity contribution < 1.29 is 47.8 Å². The van der Waals surface area contributed by atoms with Crippen LogP contribution in [0.5, 0.6) is 0 Å². The lowest BCUT2D eigenvalue weighted by atomic mass is 10.1. The molecule has 0 radical (unpaired) electrons. The van der Waals surface area contributed by atoms with E-state index in [1.807, 2.05) is 0 Å². The van der Waals surface area contributed by atoms with E-state index in [9.17, 15) is 29.3 Å². The van der Waals surface area contributed by atoms with Gasteiger partial charge in [-0.1, -0.05) is 115 Å². The summed E-state index contributed by atoms with van der Waals surface area (Å²) in [5, 5.41) is 19.0. The van der Waals surface area contributed by atoms with Gasteiger partial charge in [0.1, 0.15) is 12.2 Å². The van der Waals surface area contributed by atoms with Crippen LogP contribution in [0.25, 0.3) is 0 Å². The van der Waals surface area contributed by atoms with Gasteiger partial charge in [0.2, 0.25) is 0 Å². The zero-order valence-electron chi connectivity index (χ0n) is 29.9. The molecule has 3 unspecified atom stereocenters. The molecule has 0 saturated carbocycles. The number of hydrogen-bond donors (Lipinski definition) is 3. The van der Waals surface area contributed by atoms with E-state index < -0.39 is 58.4 Å². The standard InChI is InChI=1S/C37H67O10P/c1-3-5-7-9-11-13-15-16-17-19-21-23-25-27-29-37(41)47-35(31-39)33-45-48(42,43)44-32-34(30-38)46-36(40)28-26-24-22-20-18-14-12-10-8-6-4-2/h9-12,15-16,34-35,38-39H,3-8,13-14,17-33H2,1-2H3,(H,42,43)/b11-9-,12-10-,16-15-. The number of allylic oxidation sites excluding steroid dienone is 6. The lowest BCUT2D eigenvalue weighted by Gasteiger charge is -2.20. The Bertz CT molecular complexity index is 905. The summed E-state index contributed by atoms with van der Waals surface area (Å²) in [7, 11) is -4.63. The van der Waals surface area contributed by atoms with Crippen LogP contribution in [-0.4, -0.2) is 65.7 Å². The van der Waals surface area contributed by atoms with Crippen molar-refractivity contribution in [3.8, 4) is 0 Å². The minimum Gasteiger partial charge on any atom is -0.457 e. The monoisotopic (exact) mass is 702 g/mol. The number of aliphatic hydroxyl groups excluding tert-OH is 2. The van der Waals surface area contributed by atoms with Crippen LogP contribution in [-0.2, 0) is 32.7 Å². The van der Waals surface area contributed by atoms with Gasteiger partial charge in [-0.25, -0.2) is 4.57 Å². The van der Waals surface area contributed by atoms with Gasteiger partial charge in [-0.15, -0.1) is 0 Å². The summed E-state index contributed by atoms with van der Waals surface area (Å²) in [5.41, 5.74) is 0. The molecule has 0 heterocycles. The molecular formula is C37H67O10P. The minimum atomic E-state index is -4.63. The fourth-order valence-corrected chi connectivity index (χ4v) is 5.42. The number of phosphoric acid groups is 1. The van der Waals surface area contributed by atoms with Crippen LogP contribution in [0.4, 0.5) is 0 Å². The Balaban J connectivity index is 4.04. The lowest BCUT2D eigenvalue weighted by Crippen LogP contribution is -2.28. The minimum absolute atomic E-state index is 0.175. The van der Waals surface area contributed by atoms with E-state index in [0.717, 1.165) is 83.5 Å². The smallest absolute Gasteiger partial charge is 0.457 e. The van der Waals surface area contributed by atoms with Gasteiger partial charge in [-0.3, -0.25) is 18.6 Å². The van der Waals surface area contributed by atoms with Crippen LogP contribution < -0.4 is 0 Å². The molecule has 3 N–H and O–H groups in total. The largest absolute Gasteiger partial charge is 0.472 e. The van der Waals surface area contributed by atoms with Crippen LogP contribution in [0, 0.1) is 0 Å². The normalized spacial score (nSPS) is 14.5. The third kappa shape index (κ3) is 31.5. The van der Waals surface area contributed by atoms with Crippen molar-refractivity contribution in [2.75, 3.05) is 26.4 Å². The van der Waals surface area contributed by atoms with Crippen molar-refractivity contribution in [2.45, 2.75) is 161 Å². The third-order valence-corrected chi connectivity index (χ3v) is 8.53. The summed E-state index contributed by atoms with van der Waals surface area (Å²) in [6, 6.07) is 0. The van der Waals surface area contributed by atoms with Gasteiger partial charge < -0.3 is 24.6 Å². The van der Waals surface area contributed by atoms with Gasteiger partial charge in [0.05, 0.1) is 26.4 Å². The maximum Gasteiger partial charge on any atom is 0.472 e. The van der Waals surface area contributed by atoms with Crippen molar-refractivity contribution in [1.29, 1.82) is 0 Å². The molecule has 280 valence electrons. The number of carbonyl (C=O) groups is 2. The van der Waals surface area contributed by atoms with Gasteiger partial charge in [-0.2, -0.15) is 0 Å². The first-order chi connectivity index (χ1) is 23.3. The molecular weight excluding hydrogens is 635 g/mol. The van der Waals surface area contributed by atoms with Crippen LogP contribution in [0.1, 0.15) is 149 Å². The first-order valence-electron chi connectivity index (χ1n) is 18.4. The highest BCUT2D eigenvalue weighted by atomic mass is 31.2. The molecule has 3 atom stereocenters. The van der Waals surface area contributed by atoms with E-state index in [-0.39, 0.29) is 12.8 Å². The molecule has 0 amide bonds. The molecule has 0 aliphatic carbocycles. The highest BCUT2D eigenvalue weighted by Crippen LogP contribution is 2.43. The van der Waals surface area contributed by atoms with Crippen molar-refractivity contribution in [3.05, 3.63) is 36.5 Å². The molecule has 0 spiro atoms. The van der Waals surface area contributed by atoms with E-state index in [1.165, 1.54) is 25.7 Å². The number of ether oxygens (including phenoxy) is 2. The Hall–Kier alpha value is -1.81. The molecule has 10 nitrogen and oxygen atoms in total. The summed E-state index contributed by atoms with van der Waals surface area (Å²) in [6.07, 6.45) is 31.2. The molecule has 0 aromatic rings. The zero-order chi connectivity index (χ0) is 35.6. The fraction of sp³-hybridized carbons (Fsp3) is 0.784. The molecule has 48 heavy (non-hydrogen) atoms. The summed E-state index contributed by atoms with van der Waals surface area (Å²) in [6.45, 7) is 2.07. The molecule has 11 heteroatoms. The van der Waals surface area contributed by atoms with E-state index >= 15 is 0 Å². The van der Waals surface area contributed by atoms with Gasteiger partial charge in [0.25, 0.3) is 0 Å². The number of phosphoric ester groups is 1. The van der Waals surface area contributed by atoms with Gasteiger partial charge in [0, 0.05) is 12.8 Å². The Labute approximate surface area is 291 Å². The van der Waals surface area contributed by atoms with Crippen LogP contribution in [0.15, 0.2) is 36.5 Å². The van der Waals surface area contributed by atoms with E-state index in [0.29, 0.717) is 12.8 Å². The molecule has 0 aliphatic rings. The number of unbranched alkanes of at least 4 members (excludes halogenated alkanes) is 14. The highest BCUT2D eigenvalue weighted by molar-refractivity contribution is 7.47. The SMILES string of the molecule is CCCC/C=C\C/C=C\CCCCCCCC(=O)OC(CO)COP(=O)(O)OCC(CO)OC(=O)CCCCCCC/C=C\CCCC. The molecule has 0 fully saturated rings. The second-order valence-electron chi connectivity index (χ2n) is 12.2. The number of carbonyl (C=O) groups excluding carboxylic acids is 2. The maximum absolute atomic E-state index is 12.3. The predicted molar refractivity (Wildman–Crippen MR) is 191 cm³/mol. The number of hydrogen-bond acceptors (Lipinski definition) is 9. The quantitative estimate of drug-likeness (QED) is 0.0257. The Morgan fingerprint density at radius 3 is 1.31 bits per heavy atom. The molecule has 0 aromatic carbocycles. The zero-order valence-corrected chi connectivity index (χ0v) is 30.8. The van der Waals surface area contributed by atoms with Crippen molar-refractivity contribution in [1.82, 2.24) is 0 Å². The molecule has 0 aliphatic heterocycles. The first kappa shape index (κ1) is 46.2. The van der Waals surface area contributed by atoms with Crippen LogP contribution in [0.2, 0.25) is 0 Å². The molecule has 0 aromatic heterocycles. The van der Waals surface area contributed by atoms with Gasteiger partial charge in [-0.05, 0) is 57.8 Å². The molecule has 0 bridgehead atoms. The van der Waals surface area contributed by atoms with Crippen molar-refractivity contribution in [2.24, 2.45) is 0 Å². The lowest BCUT2D eigenvalue weighted by molar-refractivity contribution is -0.153. The van der Waals surface area contributed by atoms with E-state index in [2.05, 4.69) is 50.3 Å². The second kappa shape index (κ2) is 33.7. The summed E-state index contributed by atoms with van der Waals surface area (Å²) in [4.78, 5) is 34.3. The average molecular weight is 703 g/mol. The summed E-state index contributed by atoms with van der Waals surface area (Å²) < 4.78 is 32.4. The highest BCUT2D eigenvalue weighted by Gasteiger charge is 2.27. The Morgan fingerprint density at radius 2 is 0.917 bits per heavy atom. The summed E-state index contributed by atoms with van der Waals surface area (Å²) >= 11 is 0. The molecule has 0 rings (SSSR count). The van der Waals surface area contributed by atoms with Crippen molar-refractivity contribution >= 4 is 19.8 Å². The Morgan fingerprint density at radius 1 is 0.562 bits per heavy atom. The van der Waals surface area contributed by atoms with Gasteiger partial charge >= 0.3 is 19.8 Å².